The first-order valence-corrected chi connectivity index (χ1v) is 7.99. The van der Waals surface area contributed by atoms with Crippen LogP contribution in [0.15, 0.2) is 29.6 Å². The van der Waals surface area contributed by atoms with Gasteiger partial charge in [-0.25, -0.2) is 9.18 Å². The molecular formula is C16H17FN2O3S. The summed E-state index contributed by atoms with van der Waals surface area (Å²) in [6, 6.07) is 5.78. The van der Waals surface area contributed by atoms with Crippen molar-refractivity contribution in [2.75, 3.05) is 18.5 Å². The number of nitrogens with two attached hydrogens (primary N) is 1. The summed E-state index contributed by atoms with van der Waals surface area (Å²) in [5.41, 5.74) is 6.89. The van der Waals surface area contributed by atoms with E-state index in [2.05, 4.69) is 5.32 Å². The largest absolute Gasteiger partial charge is 0.462 e. The summed E-state index contributed by atoms with van der Waals surface area (Å²) in [7, 11) is 0. The number of nitrogens with one attached hydrogen (secondary N) is 1. The van der Waals surface area contributed by atoms with Crippen molar-refractivity contribution in [2.45, 2.75) is 13.3 Å². The lowest BCUT2D eigenvalue weighted by Gasteiger charge is -2.08. The molecule has 5 nitrogen and oxygen atoms in total. The zero-order valence-electron chi connectivity index (χ0n) is 12.6. The number of halogens is 1. The van der Waals surface area contributed by atoms with Crippen molar-refractivity contribution in [1.82, 2.24) is 0 Å². The lowest BCUT2D eigenvalue weighted by molar-refractivity contribution is -0.116. The van der Waals surface area contributed by atoms with Crippen LogP contribution in [-0.4, -0.2) is 25.0 Å². The highest BCUT2D eigenvalue weighted by atomic mass is 32.1. The molecule has 0 bridgehead atoms. The average Bonchev–Trinajstić information content (AvgIpc) is 2.92. The van der Waals surface area contributed by atoms with E-state index < -0.39 is 5.97 Å². The van der Waals surface area contributed by atoms with E-state index in [1.54, 1.807) is 24.4 Å². The number of hydrogen-bond acceptors (Lipinski definition) is 5. The molecule has 7 heteroatoms. The lowest BCUT2D eigenvalue weighted by Crippen LogP contribution is -2.17. The first-order chi connectivity index (χ1) is 11.1. The standard InChI is InChI=1S/C16H17FN2O3S/c1-2-22-16(21)14-12(10-3-5-11(17)6-4-10)9-23-15(14)19-13(20)7-8-18/h3-6,9H,2,7-8,18H2,1H3,(H,19,20). The fraction of sp³-hybridized carbons (Fsp3) is 0.250. The minimum absolute atomic E-state index is 0.159. The Morgan fingerprint density at radius 1 is 1.30 bits per heavy atom. The van der Waals surface area contributed by atoms with Crippen LogP contribution in [0, 0.1) is 5.82 Å². The molecule has 1 amide bonds. The van der Waals surface area contributed by atoms with Gasteiger partial charge in [0.15, 0.2) is 0 Å². The number of anilines is 1. The van der Waals surface area contributed by atoms with E-state index in [0.717, 1.165) is 0 Å². The van der Waals surface area contributed by atoms with Crippen LogP contribution in [0.4, 0.5) is 9.39 Å². The Morgan fingerprint density at radius 2 is 2.00 bits per heavy atom. The van der Waals surface area contributed by atoms with E-state index in [4.69, 9.17) is 10.5 Å². The van der Waals surface area contributed by atoms with Gasteiger partial charge < -0.3 is 15.8 Å². The second-order valence-electron chi connectivity index (χ2n) is 4.67. The van der Waals surface area contributed by atoms with Gasteiger partial charge in [-0.05, 0) is 24.6 Å². The van der Waals surface area contributed by atoms with Crippen molar-refractivity contribution < 1.29 is 18.7 Å². The highest BCUT2D eigenvalue weighted by molar-refractivity contribution is 7.15. The Labute approximate surface area is 137 Å². The molecule has 1 heterocycles. The van der Waals surface area contributed by atoms with E-state index in [-0.39, 0.29) is 36.9 Å². The van der Waals surface area contributed by atoms with Gasteiger partial charge in [0.05, 0.1) is 6.61 Å². The second kappa shape index (κ2) is 7.85. The quantitative estimate of drug-likeness (QED) is 0.795. The first-order valence-electron chi connectivity index (χ1n) is 7.11. The van der Waals surface area contributed by atoms with E-state index in [9.17, 15) is 14.0 Å². The predicted octanol–water partition coefficient (Wildman–Crippen LogP) is 3.02. The predicted molar refractivity (Wildman–Crippen MR) is 88.0 cm³/mol. The smallest absolute Gasteiger partial charge is 0.341 e. The zero-order valence-corrected chi connectivity index (χ0v) is 13.4. The second-order valence-corrected chi connectivity index (χ2v) is 5.55. The molecule has 23 heavy (non-hydrogen) atoms. The van der Waals surface area contributed by atoms with Gasteiger partial charge in [-0.2, -0.15) is 0 Å². The van der Waals surface area contributed by atoms with Crippen LogP contribution < -0.4 is 11.1 Å². The van der Waals surface area contributed by atoms with E-state index >= 15 is 0 Å². The molecule has 0 radical (unpaired) electrons. The fourth-order valence-corrected chi connectivity index (χ4v) is 2.99. The lowest BCUT2D eigenvalue weighted by atomic mass is 10.0. The maximum absolute atomic E-state index is 13.1. The maximum atomic E-state index is 13.1. The van der Waals surface area contributed by atoms with Crippen molar-refractivity contribution in [2.24, 2.45) is 5.73 Å². The maximum Gasteiger partial charge on any atom is 0.341 e. The van der Waals surface area contributed by atoms with Gasteiger partial charge in [-0.15, -0.1) is 11.3 Å². The van der Waals surface area contributed by atoms with Gasteiger partial charge in [0.1, 0.15) is 16.4 Å². The van der Waals surface area contributed by atoms with Crippen LogP contribution in [-0.2, 0) is 9.53 Å². The molecule has 2 rings (SSSR count). The number of amides is 1. The third-order valence-corrected chi connectivity index (χ3v) is 3.95. The summed E-state index contributed by atoms with van der Waals surface area (Å²) in [6.45, 7) is 2.14. The number of carbonyl (C=O) groups is 2. The zero-order chi connectivity index (χ0) is 16.8. The van der Waals surface area contributed by atoms with Crippen molar-refractivity contribution >= 4 is 28.2 Å². The first kappa shape index (κ1) is 17.1. The molecule has 0 aliphatic rings. The van der Waals surface area contributed by atoms with E-state index in [1.807, 2.05) is 0 Å². The van der Waals surface area contributed by atoms with Gasteiger partial charge >= 0.3 is 5.97 Å². The number of esters is 1. The molecule has 0 aliphatic carbocycles. The molecule has 1 aromatic heterocycles. The van der Waals surface area contributed by atoms with Gasteiger partial charge in [0, 0.05) is 23.9 Å². The highest BCUT2D eigenvalue weighted by Gasteiger charge is 2.22. The Kier molecular flexibility index (Phi) is 5.84. The van der Waals surface area contributed by atoms with Gasteiger partial charge in [0.25, 0.3) is 0 Å². The van der Waals surface area contributed by atoms with E-state index in [0.29, 0.717) is 16.1 Å². The molecule has 0 saturated heterocycles. The van der Waals surface area contributed by atoms with Gasteiger partial charge in [-0.1, -0.05) is 12.1 Å². The van der Waals surface area contributed by atoms with Crippen LogP contribution in [0.25, 0.3) is 11.1 Å². The van der Waals surface area contributed by atoms with Crippen LogP contribution in [0.2, 0.25) is 0 Å². The normalized spacial score (nSPS) is 10.4. The van der Waals surface area contributed by atoms with Crippen molar-refractivity contribution in [1.29, 1.82) is 0 Å². The van der Waals surface area contributed by atoms with Crippen LogP contribution in [0.1, 0.15) is 23.7 Å². The van der Waals surface area contributed by atoms with Gasteiger partial charge in [-0.3, -0.25) is 4.79 Å². The molecule has 3 N–H and O–H groups in total. The minimum atomic E-state index is -0.531. The van der Waals surface area contributed by atoms with E-state index in [1.165, 1.54) is 23.5 Å². The molecule has 1 aromatic carbocycles. The SMILES string of the molecule is CCOC(=O)c1c(-c2ccc(F)cc2)csc1NC(=O)CCN. The molecular weight excluding hydrogens is 319 g/mol. The third-order valence-electron chi connectivity index (χ3n) is 3.05. The molecule has 0 aliphatic heterocycles. The van der Waals surface area contributed by atoms with Gasteiger partial charge in [0.2, 0.25) is 5.91 Å². The van der Waals surface area contributed by atoms with Crippen LogP contribution in [0.3, 0.4) is 0 Å². The van der Waals surface area contributed by atoms with Crippen molar-refractivity contribution in [3.63, 3.8) is 0 Å². The summed E-state index contributed by atoms with van der Waals surface area (Å²) in [6.07, 6.45) is 0.159. The number of thiophene rings is 1. The Balaban J connectivity index is 2.42. The molecule has 0 saturated carbocycles. The molecule has 2 aromatic rings. The molecule has 0 spiro atoms. The van der Waals surface area contributed by atoms with Crippen molar-refractivity contribution in [3.05, 3.63) is 41.0 Å². The molecule has 0 atom stereocenters. The fourth-order valence-electron chi connectivity index (χ4n) is 2.02. The summed E-state index contributed by atoms with van der Waals surface area (Å²) in [5.74, 6) is -1.17. The van der Waals surface area contributed by atoms with Crippen LogP contribution >= 0.6 is 11.3 Å². The monoisotopic (exact) mass is 336 g/mol. The number of benzene rings is 1. The Morgan fingerprint density at radius 3 is 2.61 bits per heavy atom. The number of hydrogen-bond donors (Lipinski definition) is 2. The highest BCUT2D eigenvalue weighted by Crippen LogP contribution is 2.36. The summed E-state index contributed by atoms with van der Waals surface area (Å²) in [4.78, 5) is 24.0. The van der Waals surface area contributed by atoms with Crippen LogP contribution in [0.5, 0.6) is 0 Å². The number of rotatable bonds is 6. The third kappa shape index (κ3) is 4.14. The number of carbonyl (C=O) groups excluding carboxylic acids is 2. The summed E-state index contributed by atoms with van der Waals surface area (Å²) < 4.78 is 18.2. The molecule has 0 fully saturated rings. The summed E-state index contributed by atoms with van der Waals surface area (Å²) >= 11 is 1.22. The Hall–Kier alpha value is -2.25. The molecule has 122 valence electrons. The minimum Gasteiger partial charge on any atom is -0.462 e. The molecule has 0 unspecified atom stereocenters. The van der Waals surface area contributed by atoms with Crippen molar-refractivity contribution in [3.8, 4) is 11.1 Å². The Bertz CT molecular complexity index is 698. The topological polar surface area (TPSA) is 81.4 Å². The number of ether oxygens (including phenoxy) is 1. The summed E-state index contributed by atoms with van der Waals surface area (Å²) in [5, 5.41) is 4.81. The average molecular weight is 336 g/mol.